The monoisotopic (exact) mass is 375 g/mol. The van der Waals surface area contributed by atoms with E-state index in [1.807, 2.05) is 0 Å². The van der Waals surface area contributed by atoms with Crippen LogP contribution in [0.1, 0.15) is 16.1 Å². The molecule has 0 aliphatic heterocycles. The molecule has 92 valence electrons. The van der Waals surface area contributed by atoms with Crippen molar-refractivity contribution in [3.8, 4) is 0 Å². The highest BCUT2D eigenvalue weighted by atomic mass is 79.9. The van der Waals surface area contributed by atoms with Gasteiger partial charge in [-0.25, -0.2) is 8.78 Å². The van der Waals surface area contributed by atoms with Gasteiger partial charge in [-0.1, -0.05) is 0 Å². The summed E-state index contributed by atoms with van der Waals surface area (Å²) in [5, 5.41) is 0. The van der Waals surface area contributed by atoms with Crippen molar-refractivity contribution in [2.75, 3.05) is 0 Å². The van der Waals surface area contributed by atoms with E-state index in [4.69, 9.17) is 0 Å². The minimum atomic E-state index is -1.06. The second-order valence-corrected chi connectivity index (χ2v) is 5.21. The number of nitrogens with zero attached hydrogens (tertiary/aromatic N) is 1. The maximum Gasteiger partial charge on any atom is 0.212 e. The Bertz CT molecular complexity index is 631. The van der Waals surface area contributed by atoms with Crippen LogP contribution in [0.25, 0.3) is 0 Å². The molecular weight excluding hydrogens is 372 g/mol. The van der Waals surface area contributed by atoms with Gasteiger partial charge in [-0.15, -0.1) is 0 Å². The second kappa shape index (κ2) is 5.24. The van der Waals surface area contributed by atoms with Crippen LogP contribution in [0.4, 0.5) is 8.78 Å². The van der Waals surface area contributed by atoms with Crippen LogP contribution in [-0.4, -0.2) is 10.8 Å². The molecule has 0 N–H and O–H groups in total. The summed E-state index contributed by atoms with van der Waals surface area (Å²) < 4.78 is 27.0. The molecule has 0 radical (unpaired) electrons. The van der Waals surface area contributed by atoms with Gasteiger partial charge < -0.3 is 0 Å². The van der Waals surface area contributed by atoms with Crippen molar-refractivity contribution in [2.45, 2.75) is 0 Å². The quantitative estimate of drug-likeness (QED) is 0.738. The van der Waals surface area contributed by atoms with Crippen molar-refractivity contribution in [1.29, 1.82) is 0 Å². The van der Waals surface area contributed by atoms with Gasteiger partial charge in [0.15, 0.2) is 11.6 Å². The average Bonchev–Trinajstić information content (AvgIpc) is 2.32. The Hall–Kier alpha value is -1.14. The van der Waals surface area contributed by atoms with Gasteiger partial charge >= 0.3 is 0 Å². The summed E-state index contributed by atoms with van der Waals surface area (Å²) in [6.07, 6.45) is 1.46. The number of carbonyl (C=O) groups is 1. The van der Waals surface area contributed by atoms with Crippen molar-refractivity contribution >= 4 is 37.6 Å². The van der Waals surface area contributed by atoms with Gasteiger partial charge in [-0.05, 0) is 56.1 Å². The lowest BCUT2D eigenvalue weighted by Crippen LogP contribution is -2.06. The molecule has 18 heavy (non-hydrogen) atoms. The van der Waals surface area contributed by atoms with Gasteiger partial charge in [0.1, 0.15) is 5.69 Å². The van der Waals surface area contributed by atoms with E-state index in [9.17, 15) is 13.6 Å². The van der Waals surface area contributed by atoms with Crippen LogP contribution in [0.15, 0.2) is 39.4 Å². The molecule has 0 aliphatic rings. The average molecular weight is 377 g/mol. The zero-order valence-corrected chi connectivity index (χ0v) is 11.9. The van der Waals surface area contributed by atoms with Crippen molar-refractivity contribution in [3.63, 3.8) is 0 Å². The third-order valence-electron chi connectivity index (χ3n) is 2.20. The molecule has 6 heteroatoms. The number of pyridine rings is 1. The zero-order chi connectivity index (χ0) is 13.3. The molecule has 0 amide bonds. The van der Waals surface area contributed by atoms with Crippen LogP contribution in [-0.2, 0) is 0 Å². The van der Waals surface area contributed by atoms with Crippen LogP contribution < -0.4 is 0 Å². The first-order valence-electron chi connectivity index (χ1n) is 4.80. The highest BCUT2D eigenvalue weighted by molar-refractivity contribution is 9.11. The van der Waals surface area contributed by atoms with Gasteiger partial charge in [0.2, 0.25) is 5.78 Å². The number of halogens is 4. The number of ketones is 1. The molecule has 0 spiro atoms. The third kappa shape index (κ3) is 2.64. The first-order chi connectivity index (χ1) is 8.49. The SMILES string of the molecule is O=C(c1ccc(F)c(F)c1)c1ncc(Br)cc1Br. The van der Waals surface area contributed by atoms with E-state index >= 15 is 0 Å². The summed E-state index contributed by atoms with van der Waals surface area (Å²) in [6.45, 7) is 0. The predicted molar refractivity (Wildman–Crippen MR) is 69.4 cm³/mol. The smallest absolute Gasteiger partial charge is 0.212 e. The number of hydrogen-bond acceptors (Lipinski definition) is 2. The Morgan fingerprint density at radius 3 is 2.44 bits per heavy atom. The predicted octanol–water partition coefficient (Wildman–Crippen LogP) is 4.12. The second-order valence-electron chi connectivity index (χ2n) is 3.44. The van der Waals surface area contributed by atoms with Gasteiger partial charge in [0.05, 0.1) is 0 Å². The third-order valence-corrected chi connectivity index (χ3v) is 3.24. The number of benzene rings is 1. The fourth-order valence-electron chi connectivity index (χ4n) is 1.36. The molecule has 2 aromatic rings. The Labute approximate surface area is 118 Å². The summed E-state index contributed by atoms with van der Waals surface area (Å²) in [6, 6.07) is 4.64. The molecule has 0 aliphatic carbocycles. The molecule has 2 nitrogen and oxygen atoms in total. The molecule has 0 bridgehead atoms. The Morgan fingerprint density at radius 2 is 1.83 bits per heavy atom. The highest BCUT2D eigenvalue weighted by Gasteiger charge is 2.16. The standard InChI is InChI=1S/C12H5Br2F2NO/c13-7-4-8(14)11(17-5-7)12(18)6-1-2-9(15)10(16)3-6/h1-5H. The maximum absolute atomic E-state index is 13.1. The van der Waals surface area contributed by atoms with Crippen molar-refractivity contribution in [1.82, 2.24) is 4.98 Å². The summed E-state index contributed by atoms with van der Waals surface area (Å²) in [5.74, 6) is -2.53. The number of aromatic nitrogens is 1. The van der Waals surface area contributed by atoms with Crippen molar-refractivity contribution in [3.05, 3.63) is 62.3 Å². The van der Waals surface area contributed by atoms with E-state index in [0.717, 1.165) is 12.1 Å². The van der Waals surface area contributed by atoms with Gasteiger partial charge in [-0.3, -0.25) is 9.78 Å². The van der Waals surface area contributed by atoms with Crippen LogP contribution in [0.5, 0.6) is 0 Å². The molecule has 0 unspecified atom stereocenters. The topological polar surface area (TPSA) is 30.0 Å². The van der Waals surface area contributed by atoms with E-state index in [-0.39, 0.29) is 11.3 Å². The largest absolute Gasteiger partial charge is 0.287 e. The van der Waals surface area contributed by atoms with E-state index in [2.05, 4.69) is 36.8 Å². The molecule has 0 saturated carbocycles. The molecule has 0 saturated heterocycles. The Morgan fingerprint density at radius 1 is 1.11 bits per heavy atom. The normalized spacial score (nSPS) is 10.4. The highest BCUT2D eigenvalue weighted by Crippen LogP contribution is 2.22. The fourth-order valence-corrected chi connectivity index (χ4v) is 2.52. The van der Waals surface area contributed by atoms with Crippen molar-refractivity contribution in [2.24, 2.45) is 0 Å². The number of hydrogen-bond donors (Lipinski definition) is 0. The molecule has 1 heterocycles. The summed E-state index contributed by atoms with van der Waals surface area (Å²) in [4.78, 5) is 16.0. The van der Waals surface area contributed by atoms with E-state index in [1.165, 1.54) is 12.3 Å². The van der Waals surface area contributed by atoms with E-state index < -0.39 is 17.4 Å². The van der Waals surface area contributed by atoms with Crippen LogP contribution in [0, 0.1) is 11.6 Å². The lowest BCUT2D eigenvalue weighted by molar-refractivity contribution is 0.103. The summed E-state index contributed by atoms with van der Waals surface area (Å²) in [7, 11) is 0. The van der Waals surface area contributed by atoms with E-state index in [0.29, 0.717) is 8.95 Å². The van der Waals surface area contributed by atoms with Crippen LogP contribution in [0.2, 0.25) is 0 Å². The minimum Gasteiger partial charge on any atom is -0.287 e. The van der Waals surface area contributed by atoms with Crippen LogP contribution >= 0.6 is 31.9 Å². The molecule has 1 aromatic heterocycles. The van der Waals surface area contributed by atoms with Gasteiger partial charge in [0, 0.05) is 20.7 Å². The molecule has 0 atom stereocenters. The molecule has 0 fully saturated rings. The summed E-state index contributed by atoms with van der Waals surface area (Å²) >= 11 is 6.41. The maximum atomic E-state index is 13.1. The summed E-state index contributed by atoms with van der Waals surface area (Å²) in [5.41, 5.74) is 0.189. The lowest BCUT2D eigenvalue weighted by atomic mass is 10.1. The molecule has 1 aromatic carbocycles. The Balaban J connectivity index is 2.44. The fraction of sp³-hybridized carbons (Fsp3) is 0. The van der Waals surface area contributed by atoms with Crippen LogP contribution in [0.3, 0.4) is 0 Å². The van der Waals surface area contributed by atoms with Gasteiger partial charge in [0.25, 0.3) is 0 Å². The first kappa shape index (κ1) is 13.3. The minimum absolute atomic E-state index is 0.0458. The zero-order valence-electron chi connectivity index (χ0n) is 8.75. The molecule has 2 rings (SSSR count). The first-order valence-corrected chi connectivity index (χ1v) is 6.38. The number of rotatable bonds is 2. The van der Waals surface area contributed by atoms with Crippen molar-refractivity contribution < 1.29 is 13.6 Å². The number of carbonyl (C=O) groups excluding carboxylic acids is 1. The molecular formula is C12H5Br2F2NO. The van der Waals surface area contributed by atoms with E-state index in [1.54, 1.807) is 6.07 Å². The lowest BCUT2D eigenvalue weighted by Gasteiger charge is -2.04. The van der Waals surface area contributed by atoms with Gasteiger partial charge in [-0.2, -0.15) is 0 Å². The Kier molecular flexibility index (Phi) is 3.87.